The largest absolute Gasteiger partial charge is 0.508 e. The molecule has 1 aromatic carbocycles. The van der Waals surface area contributed by atoms with Crippen molar-refractivity contribution >= 4 is 28.9 Å². The summed E-state index contributed by atoms with van der Waals surface area (Å²) in [5.41, 5.74) is 1.93. The van der Waals surface area contributed by atoms with Crippen LogP contribution in [0.25, 0.3) is 0 Å². The Morgan fingerprint density at radius 3 is 2.41 bits per heavy atom. The molecule has 0 bridgehead atoms. The van der Waals surface area contributed by atoms with Crippen molar-refractivity contribution in [2.75, 3.05) is 25.5 Å². The lowest BCUT2D eigenvalue weighted by atomic mass is 9.59. The molecule has 0 saturated carbocycles. The van der Waals surface area contributed by atoms with E-state index in [9.17, 15) is 40.0 Å². The predicted octanol–water partition coefficient (Wildman–Crippen LogP) is 1.22. The normalized spacial score (nSPS) is 25.9. The van der Waals surface area contributed by atoms with Crippen LogP contribution in [0.1, 0.15) is 48.7 Å². The quantitative estimate of drug-likeness (QED) is 0.161. The molecule has 3 aliphatic carbocycles. The maximum absolute atomic E-state index is 13.9. The van der Waals surface area contributed by atoms with E-state index < -0.39 is 57.7 Å². The molecule has 8 N–H and O–H groups in total. The zero-order valence-electron chi connectivity index (χ0n) is 22.5. The van der Waals surface area contributed by atoms with Crippen molar-refractivity contribution in [2.24, 2.45) is 28.1 Å². The van der Waals surface area contributed by atoms with E-state index in [4.69, 9.17) is 5.73 Å². The Hall–Kier alpha value is -3.90. The molecule has 12 heteroatoms. The van der Waals surface area contributed by atoms with Crippen molar-refractivity contribution < 1.29 is 40.0 Å². The number of phenols is 1. The maximum atomic E-state index is 13.9. The number of aromatic hydroxyl groups is 1. The number of amides is 1. The summed E-state index contributed by atoms with van der Waals surface area (Å²) in [5, 5.41) is 60.3. The molecule has 0 radical (unpaired) electrons. The van der Waals surface area contributed by atoms with E-state index in [1.807, 2.05) is 0 Å². The van der Waals surface area contributed by atoms with Crippen LogP contribution >= 0.6 is 0 Å². The van der Waals surface area contributed by atoms with Crippen molar-refractivity contribution in [1.82, 2.24) is 5.32 Å². The van der Waals surface area contributed by atoms with Crippen molar-refractivity contribution in [3.63, 3.8) is 0 Å². The number of carbonyl (C=O) groups excluding carboxylic acids is 3. The van der Waals surface area contributed by atoms with Gasteiger partial charge in [-0.2, -0.15) is 0 Å². The number of oxime groups is 1. The van der Waals surface area contributed by atoms with E-state index in [1.54, 1.807) is 25.1 Å². The van der Waals surface area contributed by atoms with E-state index in [0.717, 1.165) is 0 Å². The third kappa shape index (κ3) is 4.23. The van der Waals surface area contributed by atoms with Crippen molar-refractivity contribution in [1.29, 1.82) is 0 Å². The van der Waals surface area contributed by atoms with Gasteiger partial charge < -0.3 is 41.6 Å². The number of carbonyl (C=O) groups is 3. The molecule has 0 heterocycles. The Morgan fingerprint density at radius 2 is 1.87 bits per heavy atom. The molecule has 0 saturated heterocycles. The van der Waals surface area contributed by atoms with Crippen LogP contribution in [-0.4, -0.2) is 75.1 Å². The number of hydrogen-bond donors (Lipinski definition) is 7. The second kappa shape index (κ2) is 9.38. The number of aliphatic hydroxyl groups excluding tert-OH is 2. The SMILES string of the molecule is CN(C)c1cc(CNCC(C)(C)C)c(O)c2c1C[C@H]1C[C@H]3C(=NO)C(O)=C(C(N)=O)C(=O)[C@@]3(O)C(O)=C1C2=O. The fraction of sp³-hybridized carbons (Fsp3) is 0.481. The molecule has 0 aromatic heterocycles. The minimum atomic E-state index is -2.89. The van der Waals surface area contributed by atoms with Crippen LogP contribution in [0.3, 0.4) is 0 Å². The zero-order valence-corrected chi connectivity index (χ0v) is 22.5. The fourth-order valence-corrected chi connectivity index (χ4v) is 5.82. The van der Waals surface area contributed by atoms with Gasteiger partial charge in [-0.05, 0) is 35.8 Å². The van der Waals surface area contributed by atoms with Gasteiger partial charge in [-0.25, -0.2) is 0 Å². The monoisotopic (exact) mass is 542 g/mol. The standard InChI is InChI=1S/C27H34N4O8/c1-26(2,3)10-29-9-12-8-15(31(4)5)13-6-11-7-14-19(30-39)22(34)18(25(28)37)24(36)27(14,38)23(35)16(11)21(33)17(13)20(12)32/h8,11,14,29,32,34-35,38-39H,6-7,9-10H2,1-5H3,(H2,28,37)/t11-,14-,27-/m0/s1. The second-order valence-electron chi connectivity index (χ2n) is 11.8. The second-order valence-corrected chi connectivity index (χ2v) is 11.8. The van der Waals surface area contributed by atoms with Crippen LogP contribution in [0.4, 0.5) is 5.69 Å². The number of aliphatic hydroxyl groups is 3. The predicted molar refractivity (Wildman–Crippen MR) is 141 cm³/mol. The van der Waals surface area contributed by atoms with Crippen molar-refractivity contribution in [3.05, 3.63) is 45.4 Å². The molecule has 39 heavy (non-hydrogen) atoms. The highest BCUT2D eigenvalue weighted by Crippen LogP contribution is 2.52. The fourth-order valence-electron chi connectivity index (χ4n) is 5.82. The molecule has 0 spiro atoms. The molecule has 3 aliphatic rings. The van der Waals surface area contributed by atoms with Gasteiger partial charge in [0.2, 0.25) is 5.78 Å². The number of fused-ring (bicyclic) bond motifs is 3. The van der Waals surface area contributed by atoms with E-state index in [-0.39, 0.29) is 41.7 Å². The van der Waals surface area contributed by atoms with Gasteiger partial charge in [0, 0.05) is 44.0 Å². The number of rotatable bonds is 5. The summed E-state index contributed by atoms with van der Waals surface area (Å²) in [5.74, 6) is -8.15. The summed E-state index contributed by atoms with van der Waals surface area (Å²) >= 11 is 0. The van der Waals surface area contributed by atoms with Gasteiger partial charge in [-0.15, -0.1) is 0 Å². The lowest BCUT2D eigenvalue weighted by Crippen LogP contribution is -2.60. The molecule has 0 unspecified atom stereocenters. The maximum Gasteiger partial charge on any atom is 0.256 e. The molecule has 210 valence electrons. The lowest BCUT2D eigenvalue weighted by molar-refractivity contribution is -0.139. The number of hydrogen-bond acceptors (Lipinski definition) is 11. The van der Waals surface area contributed by atoms with Crippen molar-refractivity contribution in [2.45, 2.75) is 45.8 Å². The Morgan fingerprint density at radius 1 is 1.23 bits per heavy atom. The van der Waals surface area contributed by atoms with Gasteiger partial charge in [-0.1, -0.05) is 25.9 Å². The Balaban J connectivity index is 1.89. The molecule has 4 rings (SSSR count). The first-order valence-electron chi connectivity index (χ1n) is 12.5. The molecule has 1 amide bonds. The summed E-state index contributed by atoms with van der Waals surface area (Å²) in [7, 11) is 3.58. The topological polar surface area (TPSA) is 206 Å². The average Bonchev–Trinajstić information content (AvgIpc) is 2.81. The van der Waals surface area contributed by atoms with Crippen LogP contribution in [0, 0.1) is 17.3 Å². The van der Waals surface area contributed by atoms with Gasteiger partial charge >= 0.3 is 0 Å². The summed E-state index contributed by atoms with van der Waals surface area (Å²) < 4.78 is 0. The average molecular weight is 543 g/mol. The highest BCUT2D eigenvalue weighted by Gasteiger charge is 2.62. The zero-order chi connectivity index (χ0) is 29.2. The Kier molecular flexibility index (Phi) is 6.76. The number of nitrogens with zero attached hydrogens (tertiary/aromatic N) is 2. The van der Waals surface area contributed by atoms with Crippen LogP contribution in [0.2, 0.25) is 0 Å². The van der Waals surface area contributed by atoms with E-state index in [2.05, 4.69) is 31.2 Å². The molecule has 1 aromatic rings. The summed E-state index contributed by atoms with van der Waals surface area (Å²) in [6.07, 6.45) is -0.0608. The number of anilines is 1. The van der Waals surface area contributed by atoms with Gasteiger partial charge in [0.15, 0.2) is 17.1 Å². The van der Waals surface area contributed by atoms with Crippen LogP contribution in [-0.2, 0) is 22.6 Å². The number of nitrogens with two attached hydrogens (primary N) is 1. The molecule has 3 atom stereocenters. The lowest BCUT2D eigenvalue weighted by Gasteiger charge is -2.45. The minimum Gasteiger partial charge on any atom is -0.508 e. The molecule has 0 aliphatic heterocycles. The van der Waals surface area contributed by atoms with E-state index in [1.165, 1.54) is 0 Å². The molecular weight excluding hydrogens is 508 g/mol. The first-order valence-corrected chi connectivity index (χ1v) is 12.5. The van der Waals surface area contributed by atoms with E-state index >= 15 is 0 Å². The van der Waals surface area contributed by atoms with Gasteiger partial charge in [0.25, 0.3) is 5.91 Å². The Labute approximate surface area is 225 Å². The van der Waals surface area contributed by atoms with Gasteiger partial charge in [0.05, 0.1) is 11.5 Å². The third-order valence-corrected chi connectivity index (χ3v) is 7.62. The minimum absolute atomic E-state index is 0.0299. The first-order chi connectivity index (χ1) is 18.1. The highest BCUT2D eigenvalue weighted by atomic mass is 16.4. The van der Waals surface area contributed by atoms with Crippen molar-refractivity contribution in [3.8, 4) is 5.75 Å². The summed E-state index contributed by atoms with van der Waals surface area (Å²) in [6, 6.07) is 1.78. The first kappa shape index (κ1) is 28.1. The smallest absolute Gasteiger partial charge is 0.256 e. The van der Waals surface area contributed by atoms with Crippen LogP contribution in [0.15, 0.2) is 33.9 Å². The van der Waals surface area contributed by atoms with Gasteiger partial charge in [0.1, 0.15) is 22.8 Å². The third-order valence-electron chi connectivity index (χ3n) is 7.62. The molecule has 12 nitrogen and oxygen atoms in total. The highest BCUT2D eigenvalue weighted by molar-refractivity contribution is 6.31. The number of primary amides is 1. The number of phenolic OH excluding ortho intramolecular Hbond substituents is 1. The number of Topliss-reactive ketones (excluding diaryl/α,β-unsaturated/α-hetero) is 2. The summed E-state index contributed by atoms with van der Waals surface area (Å²) in [6.45, 7) is 7.05. The van der Waals surface area contributed by atoms with Gasteiger partial charge in [-0.3, -0.25) is 14.4 Å². The number of nitrogens with one attached hydrogen (secondary N) is 1. The number of allylic oxidation sites excluding steroid dienone is 2. The van der Waals surface area contributed by atoms with E-state index in [0.29, 0.717) is 23.4 Å². The number of ketones is 2. The number of benzene rings is 1. The summed E-state index contributed by atoms with van der Waals surface area (Å²) in [4.78, 5) is 40.9. The molecule has 0 fully saturated rings. The molecular formula is C27H34N4O8. The van der Waals surface area contributed by atoms with Crippen LogP contribution < -0.4 is 16.0 Å². The Bertz CT molecular complexity index is 1380. The van der Waals surface area contributed by atoms with Crippen LogP contribution in [0.5, 0.6) is 5.75 Å².